The van der Waals surface area contributed by atoms with E-state index < -0.39 is 0 Å². The van der Waals surface area contributed by atoms with Crippen LogP contribution < -0.4 is 0 Å². The molecule has 0 radical (unpaired) electrons. The molecule has 0 aromatic carbocycles. The summed E-state index contributed by atoms with van der Waals surface area (Å²) in [7, 11) is 0. The van der Waals surface area contributed by atoms with Crippen LogP contribution in [-0.4, -0.2) is 35.1 Å². The molecule has 2 nitrogen and oxygen atoms in total. The van der Waals surface area contributed by atoms with Gasteiger partial charge in [-0.25, -0.2) is 0 Å². The summed E-state index contributed by atoms with van der Waals surface area (Å²) >= 11 is 3.63. The maximum atomic E-state index is 10.8. The zero-order valence-corrected chi connectivity index (χ0v) is 50.1. The second-order valence-corrected chi connectivity index (χ2v) is 24.3. The quantitative estimate of drug-likeness (QED) is 0.0497. The molecule has 0 amide bonds. The molecule has 72 heavy (non-hydrogen) atoms. The molecule has 0 N–H and O–H groups in total. The standard InChI is InChI=1S/C40H58S.C16H26.C11H16O2S.CH4/c1-31(21-23-37-35(5)19-13-27-39(37,7)8)15-11-17-33(3)25-29-41-30-26-34(4)18-12-16-32(2)22-24-38-36(6)20-14-28-40(38,9)10;1-6-8-13(2)10-11-15-14(3)9-7-12-16(15,4)5;1-9(8-12)4-6-14-7-5-10(2)11(3)13;/h11-12,15-18,21-26H,13-14,19-20,27-30H2,1-10H3;8,10-11H,6-7,9,12H2,1-5H3;4-5,8H,6-7H2,1-3H3;1H4/b17-11+,18-12+,23-21+,24-22+,31-15+,32-16+,33-25+,34-26+;11-10+,13-8+;9-4+,10-5+;. The average Bonchev–Trinajstić information content (AvgIpc) is 3.28. The fourth-order valence-electron chi connectivity index (χ4n) is 9.10. The highest BCUT2D eigenvalue weighted by Gasteiger charge is 2.28. The van der Waals surface area contributed by atoms with Crippen molar-refractivity contribution in [2.24, 2.45) is 16.2 Å². The van der Waals surface area contributed by atoms with E-state index >= 15 is 0 Å². The molecule has 0 heterocycles. The fourth-order valence-corrected chi connectivity index (χ4v) is 10.9. The Morgan fingerprint density at radius 3 is 1.11 bits per heavy atom. The number of hydrogen-bond donors (Lipinski definition) is 0. The Bertz CT molecular complexity index is 2120. The van der Waals surface area contributed by atoms with E-state index in [2.05, 4.69) is 195 Å². The Labute approximate surface area is 453 Å². The number of Topliss-reactive ketones (excluding diaryl/α,β-unsaturated/α-hetero) is 1. The summed E-state index contributed by atoms with van der Waals surface area (Å²) in [6.45, 7) is 39.4. The van der Waals surface area contributed by atoms with Gasteiger partial charge in [-0.3, -0.25) is 9.59 Å². The van der Waals surface area contributed by atoms with Crippen LogP contribution in [0.4, 0.5) is 0 Å². The molecule has 400 valence electrons. The van der Waals surface area contributed by atoms with Gasteiger partial charge in [0, 0.05) is 23.0 Å². The number of allylic oxidation sites excluding steroid dienone is 26. The van der Waals surface area contributed by atoms with Crippen molar-refractivity contribution < 1.29 is 9.59 Å². The highest BCUT2D eigenvalue weighted by molar-refractivity contribution is 7.99. The number of ketones is 1. The van der Waals surface area contributed by atoms with Gasteiger partial charge in [0.15, 0.2) is 5.78 Å². The Hall–Kier alpha value is -3.86. The molecule has 0 fully saturated rings. The molecule has 3 aliphatic rings. The highest BCUT2D eigenvalue weighted by Crippen LogP contribution is 2.43. The molecule has 0 saturated heterocycles. The van der Waals surface area contributed by atoms with Crippen molar-refractivity contribution in [3.63, 3.8) is 0 Å². The number of carbonyl (C=O) groups is 2. The topological polar surface area (TPSA) is 34.1 Å². The lowest BCUT2D eigenvalue weighted by atomic mass is 9.72. The van der Waals surface area contributed by atoms with E-state index in [0.29, 0.717) is 16.2 Å². The SMILES string of the molecule is C.CC(=O)/C(C)=C/CSC/C=C(\C)C=O.CC/C=C(C)/C=C/C1=C(C)CCCC1(C)C.CC1=C(/C=C/C(C)=C/C=C/C(C)=C/CSC/C=C(C)/C=C/C=C(C)/C=C/C2=C(C)CCCC2(C)C)C(C)(C)CCC1. The molecule has 0 bridgehead atoms. The summed E-state index contributed by atoms with van der Waals surface area (Å²) in [4.78, 5) is 21.1. The molecule has 0 aromatic rings. The van der Waals surface area contributed by atoms with Crippen molar-refractivity contribution >= 4 is 35.6 Å². The van der Waals surface area contributed by atoms with Gasteiger partial charge >= 0.3 is 0 Å². The molecule has 3 aliphatic carbocycles. The Kier molecular flexibility index (Phi) is 34.2. The van der Waals surface area contributed by atoms with E-state index in [4.69, 9.17) is 0 Å². The highest BCUT2D eigenvalue weighted by atomic mass is 32.2. The second kappa shape index (κ2) is 36.1. The summed E-state index contributed by atoms with van der Waals surface area (Å²) in [5.74, 6) is 3.81. The second-order valence-electron chi connectivity index (χ2n) is 22.2. The third-order valence-electron chi connectivity index (χ3n) is 13.9. The van der Waals surface area contributed by atoms with Gasteiger partial charge in [0.25, 0.3) is 0 Å². The molecular formula is C68H104O2S2. The number of aldehydes is 1. The predicted molar refractivity (Wildman–Crippen MR) is 331 cm³/mol. The summed E-state index contributed by atoms with van der Waals surface area (Å²) in [5.41, 5.74) is 18.4. The van der Waals surface area contributed by atoms with Gasteiger partial charge < -0.3 is 0 Å². The van der Waals surface area contributed by atoms with Gasteiger partial charge in [0.2, 0.25) is 0 Å². The maximum Gasteiger partial charge on any atom is 0.155 e. The summed E-state index contributed by atoms with van der Waals surface area (Å²) in [6, 6.07) is 0. The first-order valence-electron chi connectivity index (χ1n) is 26.7. The van der Waals surface area contributed by atoms with Gasteiger partial charge in [0.05, 0.1) is 0 Å². The largest absolute Gasteiger partial charge is 0.298 e. The lowest BCUT2D eigenvalue weighted by Gasteiger charge is -2.33. The van der Waals surface area contributed by atoms with Gasteiger partial charge in [-0.1, -0.05) is 204 Å². The number of rotatable bonds is 21. The van der Waals surface area contributed by atoms with Crippen LogP contribution >= 0.6 is 23.5 Å². The maximum absolute atomic E-state index is 10.8. The molecule has 0 atom stereocenters. The summed E-state index contributed by atoms with van der Waals surface area (Å²) in [6.07, 6.45) is 51.4. The van der Waals surface area contributed by atoms with Crippen LogP contribution in [0, 0.1) is 16.2 Å². The van der Waals surface area contributed by atoms with E-state index in [1.54, 1.807) is 47.9 Å². The minimum Gasteiger partial charge on any atom is -0.298 e. The van der Waals surface area contributed by atoms with Crippen molar-refractivity contribution in [2.45, 2.75) is 196 Å². The van der Waals surface area contributed by atoms with E-state index in [9.17, 15) is 9.59 Å². The van der Waals surface area contributed by atoms with Gasteiger partial charge in [-0.05, 0) is 184 Å². The zero-order chi connectivity index (χ0) is 53.6. The van der Waals surface area contributed by atoms with Gasteiger partial charge in [0.1, 0.15) is 6.29 Å². The van der Waals surface area contributed by atoms with Crippen molar-refractivity contribution in [3.05, 3.63) is 176 Å². The Morgan fingerprint density at radius 2 is 0.792 bits per heavy atom. The summed E-state index contributed by atoms with van der Waals surface area (Å²) in [5, 5.41) is 0. The van der Waals surface area contributed by atoms with Crippen LogP contribution in [0.25, 0.3) is 0 Å². The molecule has 0 unspecified atom stereocenters. The average molecular weight is 1020 g/mol. The van der Waals surface area contributed by atoms with Crippen LogP contribution in [0.1, 0.15) is 196 Å². The van der Waals surface area contributed by atoms with Crippen molar-refractivity contribution in [1.82, 2.24) is 0 Å². The van der Waals surface area contributed by atoms with Crippen molar-refractivity contribution in [1.29, 1.82) is 0 Å². The van der Waals surface area contributed by atoms with E-state index in [1.165, 1.54) is 96.8 Å². The van der Waals surface area contributed by atoms with Crippen LogP contribution in [0.2, 0.25) is 0 Å². The van der Waals surface area contributed by atoms with Gasteiger partial charge in [-0.15, -0.1) is 0 Å². The Balaban J connectivity index is 0.00000132. The first-order chi connectivity index (χ1) is 33.4. The first-order valence-corrected chi connectivity index (χ1v) is 29.0. The van der Waals surface area contributed by atoms with E-state index in [1.807, 2.05) is 30.8 Å². The normalized spacial score (nSPS) is 19.6. The monoisotopic (exact) mass is 1020 g/mol. The van der Waals surface area contributed by atoms with Crippen molar-refractivity contribution in [3.8, 4) is 0 Å². The minimum atomic E-state index is 0. The molecule has 3 rings (SSSR count). The number of thioether (sulfide) groups is 2. The molecule has 0 spiro atoms. The van der Waals surface area contributed by atoms with Gasteiger partial charge in [-0.2, -0.15) is 23.5 Å². The van der Waals surface area contributed by atoms with E-state index in [-0.39, 0.29) is 13.2 Å². The lowest BCUT2D eigenvalue weighted by Crippen LogP contribution is -2.19. The first kappa shape index (κ1) is 68.1. The van der Waals surface area contributed by atoms with Crippen LogP contribution in [-0.2, 0) is 9.59 Å². The zero-order valence-electron chi connectivity index (χ0n) is 48.4. The van der Waals surface area contributed by atoms with E-state index in [0.717, 1.165) is 46.9 Å². The molecule has 0 saturated carbocycles. The molecular weight excluding hydrogens is 913 g/mol. The molecule has 4 heteroatoms. The molecule has 0 aliphatic heterocycles. The predicted octanol–water partition coefficient (Wildman–Crippen LogP) is 21.2. The number of carbonyl (C=O) groups excluding carboxylic acids is 2. The fraction of sp³-hybridized carbons (Fsp3) is 0.529. The van der Waals surface area contributed by atoms with Crippen molar-refractivity contribution in [2.75, 3.05) is 23.0 Å². The minimum absolute atomic E-state index is 0. The smallest absolute Gasteiger partial charge is 0.155 e. The van der Waals surface area contributed by atoms with Crippen LogP contribution in [0.15, 0.2) is 176 Å². The third-order valence-corrected chi connectivity index (χ3v) is 15.6. The summed E-state index contributed by atoms with van der Waals surface area (Å²) < 4.78 is 0. The third kappa shape index (κ3) is 28.6. The number of hydrogen-bond acceptors (Lipinski definition) is 4. The Morgan fingerprint density at radius 1 is 0.472 bits per heavy atom. The lowest BCUT2D eigenvalue weighted by molar-refractivity contribution is -0.113. The van der Waals surface area contributed by atoms with Crippen LogP contribution in [0.5, 0.6) is 0 Å². The van der Waals surface area contributed by atoms with Crippen LogP contribution in [0.3, 0.4) is 0 Å². The molecule has 0 aromatic heterocycles.